The Morgan fingerprint density at radius 3 is 2.85 bits per heavy atom. The standard InChI is InChI=1S/C14H18N2O3S/c1-14(2,3)19-13(18)16-11(8-17)9-20-12(16)10-5-4-6-15-7-10/h4-7,9,12,17H,8H2,1-3H3. The van der Waals surface area contributed by atoms with E-state index in [4.69, 9.17) is 4.74 Å². The summed E-state index contributed by atoms with van der Waals surface area (Å²) in [6.45, 7) is 5.24. The molecule has 0 fully saturated rings. The zero-order valence-electron chi connectivity index (χ0n) is 11.7. The quantitative estimate of drug-likeness (QED) is 0.908. The van der Waals surface area contributed by atoms with Crippen molar-refractivity contribution in [2.24, 2.45) is 0 Å². The number of pyridine rings is 1. The fourth-order valence-corrected chi connectivity index (χ4v) is 2.91. The lowest BCUT2D eigenvalue weighted by Gasteiger charge is -2.29. The number of carbonyl (C=O) groups is 1. The number of aliphatic hydroxyl groups is 1. The molecule has 1 aromatic rings. The Labute approximate surface area is 122 Å². The highest BCUT2D eigenvalue weighted by Gasteiger charge is 2.35. The molecule has 0 bridgehead atoms. The van der Waals surface area contributed by atoms with Crippen LogP contribution >= 0.6 is 11.8 Å². The van der Waals surface area contributed by atoms with Crippen molar-refractivity contribution in [1.29, 1.82) is 0 Å². The van der Waals surface area contributed by atoms with E-state index in [1.807, 2.05) is 32.9 Å². The molecule has 5 nitrogen and oxygen atoms in total. The van der Waals surface area contributed by atoms with Gasteiger partial charge in [0.2, 0.25) is 0 Å². The van der Waals surface area contributed by atoms with Crippen LogP contribution in [0.3, 0.4) is 0 Å². The lowest BCUT2D eigenvalue weighted by atomic mass is 10.2. The van der Waals surface area contributed by atoms with Crippen LogP contribution in [-0.2, 0) is 4.74 Å². The number of thioether (sulfide) groups is 1. The molecular formula is C14H18N2O3S. The molecule has 1 aliphatic rings. The number of ether oxygens (including phenoxy) is 1. The first-order valence-corrected chi connectivity index (χ1v) is 7.24. The Morgan fingerprint density at radius 2 is 2.30 bits per heavy atom. The van der Waals surface area contributed by atoms with Gasteiger partial charge in [0.15, 0.2) is 0 Å². The van der Waals surface area contributed by atoms with Crippen molar-refractivity contribution in [3.05, 3.63) is 41.2 Å². The van der Waals surface area contributed by atoms with Gasteiger partial charge in [0.25, 0.3) is 0 Å². The molecule has 1 amide bonds. The molecule has 0 spiro atoms. The second kappa shape index (κ2) is 5.85. The van der Waals surface area contributed by atoms with Crippen LogP contribution in [0.4, 0.5) is 4.79 Å². The van der Waals surface area contributed by atoms with Crippen LogP contribution in [0.2, 0.25) is 0 Å². The molecule has 0 radical (unpaired) electrons. The summed E-state index contributed by atoms with van der Waals surface area (Å²) in [6, 6.07) is 3.72. The second-order valence-corrected chi connectivity index (χ2v) is 6.35. The van der Waals surface area contributed by atoms with Gasteiger partial charge in [0.05, 0.1) is 12.3 Å². The third-order valence-corrected chi connectivity index (χ3v) is 3.75. The largest absolute Gasteiger partial charge is 0.443 e. The Morgan fingerprint density at radius 1 is 1.55 bits per heavy atom. The Kier molecular flexibility index (Phi) is 4.35. The summed E-state index contributed by atoms with van der Waals surface area (Å²) >= 11 is 1.45. The van der Waals surface area contributed by atoms with Crippen LogP contribution in [-0.4, -0.2) is 33.3 Å². The topological polar surface area (TPSA) is 62.7 Å². The van der Waals surface area contributed by atoms with Crippen molar-refractivity contribution < 1.29 is 14.6 Å². The van der Waals surface area contributed by atoms with E-state index in [1.165, 1.54) is 16.7 Å². The van der Waals surface area contributed by atoms with Gasteiger partial charge in [-0.15, -0.1) is 11.8 Å². The van der Waals surface area contributed by atoms with Gasteiger partial charge in [-0.05, 0) is 32.2 Å². The van der Waals surface area contributed by atoms with E-state index < -0.39 is 11.7 Å². The Hall–Kier alpha value is -1.53. The van der Waals surface area contributed by atoms with Crippen molar-refractivity contribution >= 4 is 17.9 Å². The fourth-order valence-electron chi connectivity index (χ4n) is 1.80. The molecule has 108 valence electrons. The maximum Gasteiger partial charge on any atom is 0.415 e. The number of aromatic nitrogens is 1. The highest BCUT2D eigenvalue weighted by atomic mass is 32.2. The first kappa shape index (κ1) is 14.9. The van der Waals surface area contributed by atoms with Crippen molar-refractivity contribution in [3.8, 4) is 0 Å². The number of carbonyl (C=O) groups excluding carboxylic acids is 1. The molecule has 1 aliphatic heterocycles. The fraction of sp³-hybridized carbons (Fsp3) is 0.429. The Balaban J connectivity index is 2.24. The molecule has 0 aliphatic carbocycles. The lowest BCUT2D eigenvalue weighted by Crippen LogP contribution is -2.36. The summed E-state index contributed by atoms with van der Waals surface area (Å²) in [6.07, 6.45) is 2.93. The number of nitrogens with zero attached hydrogens (tertiary/aromatic N) is 2. The van der Waals surface area contributed by atoms with Gasteiger partial charge >= 0.3 is 6.09 Å². The van der Waals surface area contributed by atoms with Gasteiger partial charge in [-0.1, -0.05) is 6.07 Å². The van der Waals surface area contributed by atoms with E-state index in [1.54, 1.807) is 17.8 Å². The summed E-state index contributed by atoms with van der Waals surface area (Å²) in [5, 5.41) is 10.9. The number of hydrogen-bond donors (Lipinski definition) is 1. The molecular weight excluding hydrogens is 276 g/mol. The summed E-state index contributed by atoms with van der Waals surface area (Å²) in [4.78, 5) is 17.9. The molecule has 6 heteroatoms. The summed E-state index contributed by atoms with van der Waals surface area (Å²) in [5.41, 5.74) is 0.853. The smallest absolute Gasteiger partial charge is 0.415 e. The van der Waals surface area contributed by atoms with Crippen molar-refractivity contribution in [2.75, 3.05) is 6.61 Å². The molecule has 20 heavy (non-hydrogen) atoms. The van der Waals surface area contributed by atoms with Gasteiger partial charge in [-0.25, -0.2) is 4.79 Å². The normalized spacial score (nSPS) is 18.9. The molecule has 1 unspecified atom stereocenters. The van der Waals surface area contributed by atoms with Crippen molar-refractivity contribution in [2.45, 2.75) is 31.7 Å². The summed E-state index contributed by atoms with van der Waals surface area (Å²) < 4.78 is 5.41. The van der Waals surface area contributed by atoms with Crippen LogP contribution in [0.25, 0.3) is 0 Å². The predicted octanol–water partition coefficient (Wildman–Crippen LogP) is 2.90. The van der Waals surface area contributed by atoms with E-state index in [0.717, 1.165) is 5.56 Å². The Bertz CT molecular complexity index is 511. The molecule has 0 aromatic carbocycles. The van der Waals surface area contributed by atoms with Gasteiger partial charge in [0.1, 0.15) is 11.0 Å². The highest BCUT2D eigenvalue weighted by Crippen LogP contribution is 2.42. The lowest BCUT2D eigenvalue weighted by molar-refractivity contribution is 0.0279. The molecule has 0 saturated heterocycles. The minimum absolute atomic E-state index is 0.205. The summed E-state index contributed by atoms with van der Waals surface area (Å²) in [7, 11) is 0. The minimum atomic E-state index is -0.579. The first-order valence-electron chi connectivity index (χ1n) is 6.30. The van der Waals surface area contributed by atoms with Gasteiger partial charge in [0, 0.05) is 18.0 Å². The third-order valence-electron chi connectivity index (χ3n) is 2.60. The zero-order chi connectivity index (χ0) is 14.8. The molecule has 1 aromatic heterocycles. The number of hydrogen-bond acceptors (Lipinski definition) is 5. The highest BCUT2D eigenvalue weighted by molar-refractivity contribution is 8.02. The van der Waals surface area contributed by atoms with Crippen molar-refractivity contribution in [3.63, 3.8) is 0 Å². The number of amides is 1. The second-order valence-electron chi connectivity index (χ2n) is 5.39. The maximum absolute atomic E-state index is 12.3. The van der Waals surface area contributed by atoms with Crippen LogP contribution in [0.1, 0.15) is 31.7 Å². The molecule has 2 rings (SSSR count). The average molecular weight is 294 g/mol. The van der Waals surface area contributed by atoms with Crippen LogP contribution in [0.5, 0.6) is 0 Å². The van der Waals surface area contributed by atoms with E-state index in [9.17, 15) is 9.90 Å². The van der Waals surface area contributed by atoms with Crippen LogP contribution in [0, 0.1) is 0 Å². The molecule has 2 heterocycles. The van der Waals surface area contributed by atoms with E-state index in [2.05, 4.69) is 4.98 Å². The molecule has 1 atom stereocenters. The van der Waals surface area contributed by atoms with Crippen LogP contribution in [0.15, 0.2) is 35.6 Å². The molecule has 0 saturated carbocycles. The van der Waals surface area contributed by atoms with Gasteiger partial charge in [-0.3, -0.25) is 9.88 Å². The predicted molar refractivity (Wildman–Crippen MR) is 77.8 cm³/mol. The van der Waals surface area contributed by atoms with E-state index in [-0.39, 0.29) is 12.0 Å². The van der Waals surface area contributed by atoms with E-state index >= 15 is 0 Å². The first-order chi connectivity index (χ1) is 9.42. The number of rotatable bonds is 2. The number of aliphatic hydroxyl groups excluding tert-OH is 1. The monoisotopic (exact) mass is 294 g/mol. The van der Waals surface area contributed by atoms with E-state index in [0.29, 0.717) is 5.70 Å². The third kappa shape index (κ3) is 3.32. The molecule has 1 N–H and O–H groups in total. The maximum atomic E-state index is 12.3. The minimum Gasteiger partial charge on any atom is -0.443 e. The van der Waals surface area contributed by atoms with Gasteiger partial charge < -0.3 is 9.84 Å². The SMILES string of the molecule is CC(C)(C)OC(=O)N1C(CO)=CSC1c1cccnc1. The van der Waals surface area contributed by atoms with Crippen LogP contribution < -0.4 is 0 Å². The summed E-state index contributed by atoms with van der Waals surface area (Å²) in [5.74, 6) is 0. The zero-order valence-corrected chi connectivity index (χ0v) is 12.6. The average Bonchev–Trinajstić information content (AvgIpc) is 2.81. The van der Waals surface area contributed by atoms with Crippen molar-refractivity contribution in [1.82, 2.24) is 9.88 Å². The van der Waals surface area contributed by atoms with Gasteiger partial charge in [-0.2, -0.15) is 0 Å².